The summed E-state index contributed by atoms with van der Waals surface area (Å²) in [5, 5.41) is 0. The molecule has 1 unspecified atom stereocenters. The van der Waals surface area contributed by atoms with Crippen molar-refractivity contribution in [2.24, 2.45) is 0 Å². The second kappa shape index (κ2) is 4.02. The highest BCUT2D eigenvalue weighted by Gasteiger charge is 2.11. The molecule has 0 spiro atoms. The van der Waals surface area contributed by atoms with Crippen LogP contribution in [0.4, 0.5) is 0 Å². The molecule has 1 aliphatic heterocycles. The van der Waals surface area contributed by atoms with Crippen LogP contribution in [0.2, 0.25) is 0 Å². The third-order valence-corrected chi connectivity index (χ3v) is 1.98. The Labute approximate surface area is 72.3 Å². The smallest absolute Gasteiger partial charge is 0.264 e. The van der Waals surface area contributed by atoms with Crippen LogP contribution in [0, 0.1) is 0 Å². The summed E-state index contributed by atoms with van der Waals surface area (Å²) in [6, 6.07) is 0. The van der Waals surface area contributed by atoms with Crippen molar-refractivity contribution in [3.8, 4) is 0 Å². The number of hydrogen-bond acceptors (Lipinski definition) is 4. The van der Waals surface area contributed by atoms with Gasteiger partial charge in [-0.2, -0.15) is 8.42 Å². The molecule has 0 radical (unpaired) electrons. The fraction of sp³-hybridized carbons (Fsp3) is 0.714. The normalized spacial score (nSPS) is 24.2. The standard InChI is InChI=1S/C7H12O4S/c1-12(8,9)11-6-7-4-2-3-5-10-7/h2,4,7H,3,5-6H2,1H3. The van der Waals surface area contributed by atoms with Gasteiger partial charge in [0.15, 0.2) is 0 Å². The van der Waals surface area contributed by atoms with Crippen molar-refractivity contribution in [2.45, 2.75) is 12.5 Å². The van der Waals surface area contributed by atoms with E-state index in [1.54, 1.807) is 0 Å². The van der Waals surface area contributed by atoms with Gasteiger partial charge in [-0.05, 0) is 6.42 Å². The lowest BCUT2D eigenvalue weighted by atomic mass is 10.2. The highest BCUT2D eigenvalue weighted by Crippen LogP contribution is 2.05. The van der Waals surface area contributed by atoms with Crippen molar-refractivity contribution in [3.63, 3.8) is 0 Å². The van der Waals surface area contributed by atoms with Gasteiger partial charge in [0.1, 0.15) is 6.10 Å². The number of hydrogen-bond donors (Lipinski definition) is 0. The van der Waals surface area contributed by atoms with E-state index in [2.05, 4.69) is 4.18 Å². The SMILES string of the molecule is CS(=O)(=O)OCC1C=CCCO1. The van der Waals surface area contributed by atoms with Crippen molar-refractivity contribution in [3.05, 3.63) is 12.2 Å². The van der Waals surface area contributed by atoms with Gasteiger partial charge in [-0.25, -0.2) is 0 Å². The molecule has 0 bridgehead atoms. The van der Waals surface area contributed by atoms with Crippen molar-refractivity contribution in [1.82, 2.24) is 0 Å². The van der Waals surface area contributed by atoms with E-state index >= 15 is 0 Å². The summed E-state index contributed by atoms with van der Waals surface area (Å²) < 4.78 is 30.9. The molecule has 0 aromatic carbocycles. The molecule has 1 aliphatic rings. The van der Waals surface area contributed by atoms with Gasteiger partial charge >= 0.3 is 0 Å². The first-order valence-corrected chi connectivity index (χ1v) is 5.52. The Hall–Kier alpha value is -0.390. The summed E-state index contributed by atoms with van der Waals surface area (Å²) in [6.45, 7) is 0.712. The van der Waals surface area contributed by atoms with Crippen molar-refractivity contribution in [2.75, 3.05) is 19.5 Å². The zero-order valence-electron chi connectivity index (χ0n) is 6.89. The first kappa shape index (κ1) is 9.70. The van der Waals surface area contributed by atoms with Crippen molar-refractivity contribution >= 4 is 10.1 Å². The first-order valence-electron chi connectivity index (χ1n) is 3.70. The third-order valence-electron chi connectivity index (χ3n) is 1.41. The second-order valence-electron chi connectivity index (χ2n) is 2.61. The Morgan fingerprint density at radius 3 is 2.92 bits per heavy atom. The Bertz CT molecular complexity index is 255. The summed E-state index contributed by atoms with van der Waals surface area (Å²) in [6.07, 6.45) is 5.47. The van der Waals surface area contributed by atoms with Crippen LogP contribution < -0.4 is 0 Å². The predicted molar refractivity (Wildman–Crippen MR) is 44.3 cm³/mol. The predicted octanol–water partition coefficient (Wildman–Crippen LogP) is 0.308. The molecule has 0 aliphatic carbocycles. The lowest BCUT2D eigenvalue weighted by molar-refractivity contribution is 0.0477. The highest BCUT2D eigenvalue weighted by atomic mass is 32.2. The zero-order chi connectivity index (χ0) is 9.03. The largest absolute Gasteiger partial charge is 0.371 e. The minimum Gasteiger partial charge on any atom is -0.371 e. The van der Waals surface area contributed by atoms with E-state index in [9.17, 15) is 8.42 Å². The summed E-state index contributed by atoms with van der Waals surface area (Å²) in [4.78, 5) is 0. The molecule has 0 saturated heterocycles. The lowest BCUT2D eigenvalue weighted by Crippen LogP contribution is -2.22. The minimum atomic E-state index is -3.34. The van der Waals surface area contributed by atoms with Gasteiger partial charge < -0.3 is 4.74 Å². The zero-order valence-corrected chi connectivity index (χ0v) is 7.71. The molecule has 1 heterocycles. The maximum absolute atomic E-state index is 10.6. The van der Waals surface area contributed by atoms with E-state index in [0.29, 0.717) is 6.61 Å². The quantitative estimate of drug-likeness (QED) is 0.477. The summed E-state index contributed by atoms with van der Waals surface area (Å²) in [7, 11) is -3.34. The maximum atomic E-state index is 10.6. The van der Waals surface area contributed by atoms with Crippen LogP contribution in [0.3, 0.4) is 0 Å². The van der Waals surface area contributed by atoms with Crippen LogP contribution in [-0.4, -0.2) is 34.0 Å². The highest BCUT2D eigenvalue weighted by molar-refractivity contribution is 7.85. The Morgan fingerprint density at radius 2 is 2.42 bits per heavy atom. The Morgan fingerprint density at radius 1 is 1.67 bits per heavy atom. The van der Waals surface area contributed by atoms with E-state index in [0.717, 1.165) is 12.7 Å². The van der Waals surface area contributed by atoms with Gasteiger partial charge in [0.2, 0.25) is 0 Å². The molecule has 4 nitrogen and oxygen atoms in total. The van der Waals surface area contributed by atoms with Crippen LogP contribution in [0.15, 0.2) is 12.2 Å². The maximum Gasteiger partial charge on any atom is 0.264 e. The van der Waals surface area contributed by atoms with Gasteiger partial charge in [0.25, 0.3) is 10.1 Å². The van der Waals surface area contributed by atoms with Crippen LogP contribution in [0.5, 0.6) is 0 Å². The molecular formula is C7H12O4S. The van der Waals surface area contributed by atoms with E-state index in [-0.39, 0.29) is 12.7 Å². The lowest BCUT2D eigenvalue weighted by Gasteiger charge is -2.16. The summed E-state index contributed by atoms with van der Waals surface area (Å²) >= 11 is 0. The van der Waals surface area contributed by atoms with Crippen molar-refractivity contribution < 1.29 is 17.3 Å². The molecule has 0 saturated carbocycles. The van der Waals surface area contributed by atoms with E-state index < -0.39 is 10.1 Å². The van der Waals surface area contributed by atoms with Gasteiger partial charge in [-0.15, -0.1) is 0 Å². The molecule has 0 N–H and O–H groups in total. The molecule has 0 aromatic heterocycles. The fourth-order valence-electron chi connectivity index (χ4n) is 0.885. The average molecular weight is 192 g/mol. The number of rotatable bonds is 3. The van der Waals surface area contributed by atoms with Crippen molar-refractivity contribution in [1.29, 1.82) is 0 Å². The molecule has 1 rings (SSSR count). The van der Waals surface area contributed by atoms with Gasteiger partial charge in [-0.3, -0.25) is 4.18 Å². The fourth-order valence-corrected chi connectivity index (χ4v) is 1.27. The minimum absolute atomic E-state index is 0.0787. The molecule has 0 fully saturated rings. The average Bonchev–Trinajstić information content (AvgIpc) is 2.02. The molecule has 12 heavy (non-hydrogen) atoms. The van der Waals surface area contributed by atoms with E-state index in [4.69, 9.17) is 4.74 Å². The Balaban J connectivity index is 2.32. The summed E-state index contributed by atoms with van der Waals surface area (Å²) in [5.74, 6) is 0. The third kappa shape index (κ3) is 3.85. The Kier molecular flexibility index (Phi) is 3.25. The molecule has 5 heteroatoms. The second-order valence-corrected chi connectivity index (χ2v) is 4.26. The topological polar surface area (TPSA) is 52.6 Å². The van der Waals surface area contributed by atoms with Crippen LogP contribution >= 0.6 is 0 Å². The van der Waals surface area contributed by atoms with E-state index in [1.807, 2.05) is 12.2 Å². The van der Waals surface area contributed by atoms with Gasteiger partial charge in [-0.1, -0.05) is 12.2 Å². The number of ether oxygens (including phenoxy) is 1. The van der Waals surface area contributed by atoms with Crippen LogP contribution in [0.25, 0.3) is 0 Å². The summed E-state index contributed by atoms with van der Waals surface area (Å²) in [5.41, 5.74) is 0. The van der Waals surface area contributed by atoms with Gasteiger partial charge in [0.05, 0.1) is 19.5 Å². The van der Waals surface area contributed by atoms with Crippen LogP contribution in [-0.2, 0) is 19.0 Å². The molecule has 1 atom stereocenters. The molecule has 70 valence electrons. The van der Waals surface area contributed by atoms with Crippen LogP contribution in [0.1, 0.15) is 6.42 Å². The first-order chi connectivity index (χ1) is 5.58. The van der Waals surface area contributed by atoms with E-state index in [1.165, 1.54) is 0 Å². The van der Waals surface area contributed by atoms with Gasteiger partial charge in [0, 0.05) is 0 Å². The molecule has 0 amide bonds. The molecule has 0 aromatic rings. The molecular weight excluding hydrogens is 180 g/mol. The monoisotopic (exact) mass is 192 g/mol.